The maximum absolute atomic E-state index is 11.6. The topological polar surface area (TPSA) is 123 Å². The Morgan fingerprint density at radius 1 is 0.917 bits per heavy atom. The van der Waals surface area contributed by atoms with Crippen LogP contribution < -0.4 is 16.0 Å². The van der Waals surface area contributed by atoms with Gasteiger partial charge in [-0.25, -0.2) is 0 Å². The van der Waals surface area contributed by atoms with Crippen LogP contribution in [0.3, 0.4) is 0 Å². The second-order valence-corrected chi connectivity index (χ2v) is 4.59. The molecule has 0 saturated carbocycles. The van der Waals surface area contributed by atoms with E-state index in [-0.39, 0.29) is 58.7 Å². The summed E-state index contributed by atoms with van der Waals surface area (Å²) >= 11 is 4.00. The number of carbonyl (C=O) groups excluding carboxylic acids is 4. The zero-order valence-corrected chi connectivity index (χ0v) is 16.3. The Bertz CT molecular complexity index is 425. The van der Waals surface area contributed by atoms with Gasteiger partial charge in [-0.15, -0.1) is 0 Å². The van der Waals surface area contributed by atoms with Crippen molar-refractivity contribution in [3.8, 4) is 0 Å². The molecule has 0 saturated heterocycles. The van der Waals surface area contributed by atoms with E-state index >= 15 is 0 Å². The van der Waals surface area contributed by atoms with E-state index in [1.165, 1.54) is 0 Å². The number of amides is 2. The predicted molar refractivity (Wildman–Crippen MR) is 84.9 cm³/mol. The van der Waals surface area contributed by atoms with Gasteiger partial charge in [0.1, 0.15) is 12.6 Å². The number of rotatable bonds is 11. The van der Waals surface area contributed by atoms with E-state index in [1.807, 2.05) is 0 Å². The van der Waals surface area contributed by atoms with Crippen molar-refractivity contribution in [2.24, 2.45) is 0 Å². The summed E-state index contributed by atoms with van der Waals surface area (Å²) in [6.07, 6.45) is 0. The quantitative estimate of drug-likeness (QED) is 0.218. The molecular formula is C13H23N3O6STc. The van der Waals surface area contributed by atoms with Crippen LogP contribution in [0.25, 0.3) is 0 Å². The van der Waals surface area contributed by atoms with Crippen LogP contribution in [-0.2, 0) is 48.8 Å². The molecule has 0 aromatic rings. The van der Waals surface area contributed by atoms with Crippen molar-refractivity contribution in [3.63, 3.8) is 0 Å². The van der Waals surface area contributed by atoms with Gasteiger partial charge < -0.3 is 20.1 Å². The fourth-order valence-electron chi connectivity index (χ4n) is 1.37. The minimum atomic E-state index is -0.707. The van der Waals surface area contributed by atoms with Crippen LogP contribution >= 0.6 is 12.6 Å². The standard InChI is InChI=1S/C13H23N3O6S.Tc/c1-3-21-12(19)7-16-11(18)6-15-10(17)5-14-9(8-23)13(20)22-4-2;/h9,14,23H,3-8H2,1-2H3,(H,15,17)(H,16,18);/i;1+1. The molecule has 24 heavy (non-hydrogen) atoms. The Hall–Kier alpha value is -1.16. The van der Waals surface area contributed by atoms with Gasteiger partial charge in [0.2, 0.25) is 11.8 Å². The Morgan fingerprint density at radius 3 is 2.00 bits per heavy atom. The van der Waals surface area contributed by atoms with Crippen LogP contribution in [0.5, 0.6) is 0 Å². The molecule has 1 unspecified atom stereocenters. The van der Waals surface area contributed by atoms with Gasteiger partial charge in [0.15, 0.2) is 0 Å². The third-order valence-electron chi connectivity index (χ3n) is 2.44. The zero-order valence-electron chi connectivity index (χ0n) is 13.6. The van der Waals surface area contributed by atoms with Gasteiger partial charge in [0.25, 0.3) is 0 Å². The molecule has 1 atom stereocenters. The van der Waals surface area contributed by atoms with Crippen LogP contribution in [0.4, 0.5) is 0 Å². The summed E-state index contributed by atoms with van der Waals surface area (Å²) in [5.41, 5.74) is 0. The zero-order chi connectivity index (χ0) is 17.7. The molecule has 2 amide bonds. The van der Waals surface area contributed by atoms with Crippen molar-refractivity contribution >= 4 is 36.4 Å². The second kappa shape index (κ2) is 15.4. The molecule has 3 N–H and O–H groups in total. The Balaban J connectivity index is 0. The van der Waals surface area contributed by atoms with E-state index in [1.54, 1.807) is 13.8 Å². The van der Waals surface area contributed by atoms with Gasteiger partial charge in [-0.1, -0.05) is 0 Å². The first-order valence-corrected chi connectivity index (χ1v) is 7.77. The Labute approximate surface area is 159 Å². The molecule has 1 radical (unpaired) electrons. The van der Waals surface area contributed by atoms with Crippen molar-refractivity contribution in [1.82, 2.24) is 16.0 Å². The van der Waals surface area contributed by atoms with Gasteiger partial charge in [-0.3, -0.25) is 24.5 Å². The number of esters is 2. The van der Waals surface area contributed by atoms with Gasteiger partial charge >= 0.3 is 11.9 Å². The molecule has 0 rings (SSSR count). The molecule has 0 aliphatic rings. The fourth-order valence-corrected chi connectivity index (χ4v) is 1.65. The SMILES string of the molecule is CCOC(=O)CNC(=O)CNC(=O)CNC(CS)C(=O)OCC.[99Tc]. The van der Waals surface area contributed by atoms with E-state index in [0.29, 0.717) is 0 Å². The smallest absolute Gasteiger partial charge is 0.325 e. The van der Waals surface area contributed by atoms with Gasteiger partial charge in [0.05, 0.1) is 26.3 Å². The van der Waals surface area contributed by atoms with Crippen LogP contribution in [0.1, 0.15) is 13.8 Å². The van der Waals surface area contributed by atoms with Gasteiger partial charge in [-0.2, -0.15) is 12.6 Å². The monoisotopic (exact) mass is 448 g/mol. The van der Waals surface area contributed by atoms with E-state index in [4.69, 9.17) is 4.74 Å². The minimum Gasteiger partial charge on any atom is -0.465 e. The molecule has 0 aromatic heterocycles. The van der Waals surface area contributed by atoms with E-state index in [0.717, 1.165) is 0 Å². The summed E-state index contributed by atoms with van der Waals surface area (Å²) in [5, 5.41) is 7.32. The average Bonchev–Trinajstić information content (AvgIpc) is 2.52. The van der Waals surface area contributed by atoms with Gasteiger partial charge in [0, 0.05) is 25.9 Å². The Kier molecular flexibility index (Phi) is 16.1. The summed E-state index contributed by atoms with van der Waals surface area (Å²) in [4.78, 5) is 45.5. The van der Waals surface area contributed by atoms with E-state index in [9.17, 15) is 19.2 Å². The minimum absolute atomic E-state index is 0. The summed E-state index contributed by atoms with van der Waals surface area (Å²) < 4.78 is 9.45. The average molecular weight is 448 g/mol. The van der Waals surface area contributed by atoms with E-state index in [2.05, 4.69) is 33.3 Å². The van der Waals surface area contributed by atoms with Crippen molar-refractivity contribution < 1.29 is 48.8 Å². The van der Waals surface area contributed by atoms with Crippen molar-refractivity contribution in [2.45, 2.75) is 19.9 Å². The van der Waals surface area contributed by atoms with Gasteiger partial charge in [-0.05, 0) is 13.8 Å². The maximum atomic E-state index is 11.6. The number of ether oxygens (including phenoxy) is 2. The molecule has 139 valence electrons. The normalized spacial score (nSPS) is 10.8. The first-order valence-electron chi connectivity index (χ1n) is 7.14. The molecule has 11 heteroatoms. The van der Waals surface area contributed by atoms with Crippen molar-refractivity contribution in [3.05, 3.63) is 0 Å². The van der Waals surface area contributed by atoms with Crippen LogP contribution in [-0.4, -0.2) is 68.4 Å². The first-order chi connectivity index (χ1) is 10.9. The second-order valence-electron chi connectivity index (χ2n) is 4.23. The molecule has 0 aliphatic carbocycles. The molecule has 0 aromatic carbocycles. The molecule has 0 heterocycles. The number of hydrogen-bond acceptors (Lipinski definition) is 8. The summed E-state index contributed by atoms with van der Waals surface area (Å²) in [5.74, 6) is -1.89. The summed E-state index contributed by atoms with van der Waals surface area (Å²) in [6.45, 7) is 3.07. The molecule has 0 fully saturated rings. The third-order valence-corrected chi connectivity index (χ3v) is 2.81. The number of nitrogens with one attached hydrogen (secondary N) is 3. The van der Waals surface area contributed by atoms with Crippen molar-refractivity contribution in [1.29, 1.82) is 0 Å². The molecular weight excluding hydrogens is 425 g/mol. The molecule has 0 aliphatic heterocycles. The molecule has 9 nitrogen and oxygen atoms in total. The first kappa shape index (κ1) is 25.1. The predicted octanol–water partition coefficient (Wildman–Crippen LogP) is -1.77. The van der Waals surface area contributed by atoms with Crippen LogP contribution in [0, 0.1) is 0 Å². The summed E-state index contributed by atoms with van der Waals surface area (Å²) in [7, 11) is 0. The number of hydrogen-bond donors (Lipinski definition) is 4. The number of carbonyl (C=O) groups is 4. The fraction of sp³-hybridized carbons (Fsp3) is 0.692. The molecule has 0 spiro atoms. The van der Waals surface area contributed by atoms with E-state index < -0.39 is 29.8 Å². The van der Waals surface area contributed by atoms with Crippen molar-refractivity contribution in [2.75, 3.05) is 38.6 Å². The van der Waals surface area contributed by atoms with Crippen LogP contribution in [0.2, 0.25) is 0 Å². The molecule has 0 bridgehead atoms. The summed E-state index contributed by atoms with van der Waals surface area (Å²) in [6, 6.07) is -0.707. The van der Waals surface area contributed by atoms with Crippen LogP contribution in [0.15, 0.2) is 0 Å². The Morgan fingerprint density at radius 2 is 1.46 bits per heavy atom. The largest absolute Gasteiger partial charge is 0.465 e. The maximum Gasteiger partial charge on any atom is 0.325 e. The third kappa shape index (κ3) is 12.3. The number of thiol groups is 1.